The van der Waals surface area contributed by atoms with Gasteiger partial charge in [-0.05, 0) is 26.2 Å². The van der Waals surface area contributed by atoms with Crippen molar-refractivity contribution in [1.29, 1.82) is 0 Å². The van der Waals surface area contributed by atoms with Crippen molar-refractivity contribution in [3.63, 3.8) is 0 Å². The molecule has 0 spiro atoms. The van der Waals surface area contributed by atoms with Crippen LogP contribution in [0.3, 0.4) is 0 Å². The molecule has 0 N–H and O–H groups in total. The first-order valence-corrected chi connectivity index (χ1v) is 8.85. The lowest BCUT2D eigenvalue weighted by Gasteiger charge is -2.12. The number of carbonyl (C=O) groups excluding carboxylic acids is 1. The molecule has 2 rings (SSSR count). The molecule has 0 bridgehead atoms. The normalized spacial score (nSPS) is 20.4. The van der Waals surface area contributed by atoms with E-state index in [1.165, 1.54) is 0 Å². The van der Waals surface area contributed by atoms with Crippen molar-refractivity contribution in [2.45, 2.75) is 33.1 Å². The van der Waals surface area contributed by atoms with Crippen molar-refractivity contribution in [1.82, 2.24) is 4.98 Å². The molecule has 1 unspecified atom stereocenters. The van der Waals surface area contributed by atoms with Crippen molar-refractivity contribution < 1.29 is 17.9 Å². The van der Waals surface area contributed by atoms with Gasteiger partial charge in [0.25, 0.3) is 0 Å². The lowest BCUT2D eigenvalue weighted by atomic mass is 9.98. The van der Waals surface area contributed by atoms with E-state index in [-0.39, 0.29) is 29.6 Å². The molecule has 5 nitrogen and oxygen atoms in total. The Morgan fingerprint density at radius 1 is 1.43 bits per heavy atom. The summed E-state index contributed by atoms with van der Waals surface area (Å²) in [6.45, 7) is 3.80. The monoisotopic (exact) mass is 311 g/mol. The third kappa shape index (κ3) is 3.81. The molecule has 0 radical (unpaired) electrons. The highest BCUT2D eigenvalue weighted by atomic mass is 32.2. The molecule has 0 aliphatic carbocycles. The topological polar surface area (TPSA) is 73.3 Å². The molecule has 0 saturated carbocycles. The molecule has 1 aliphatic heterocycles. The molecule has 21 heavy (non-hydrogen) atoms. The zero-order valence-electron chi connectivity index (χ0n) is 12.7. The fourth-order valence-electron chi connectivity index (χ4n) is 2.86. The van der Waals surface area contributed by atoms with Crippen molar-refractivity contribution in [2.24, 2.45) is 5.92 Å². The number of nitrogens with zero attached hydrogens (tertiary/aromatic N) is 1. The van der Waals surface area contributed by atoms with Crippen LogP contribution < -0.4 is 4.74 Å². The molecule has 1 aliphatic rings. The number of hydrogen-bond donors (Lipinski definition) is 0. The number of aryl methyl sites for hydroxylation is 1. The van der Waals surface area contributed by atoms with E-state index < -0.39 is 9.84 Å². The molecule has 2 heterocycles. The number of ketones is 1. The van der Waals surface area contributed by atoms with Gasteiger partial charge < -0.3 is 4.74 Å². The minimum Gasteiger partial charge on any atom is -0.496 e. The molecule has 116 valence electrons. The number of ether oxygens (including phenoxy) is 1. The summed E-state index contributed by atoms with van der Waals surface area (Å²) in [6.07, 6.45) is 2.85. The van der Waals surface area contributed by atoms with E-state index in [2.05, 4.69) is 4.98 Å². The molecule has 0 aromatic carbocycles. The van der Waals surface area contributed by atoms with Gasteiger partial charge >= 0.3 is 0 Å². The van der Waals surface area contributed by atoms with Crippen LogP contribution in [0.4, 0.5) is 0 Å². The van der Waals surface area contributed by atoms with Crippen LogP contribution in [0.25, 0.3) is 0 Å². The van der Waals surface area contributed by atoms with Gasteiger partial charge in [0.15, 0.2) is 9.84 Å². The van der Waals surface area contributed by atoms with Crippen molar-refractivity contribution >= 4 is 15.6 Å². The maximum Gasteiger partial charge on any atom is 0.150 e. The summed E-state index contributed by atoms with van der Waals surface area (Å²) in [7, 11) is -1.32. The van der Waals surface area contributed by atoms with Gasteiger partial charge in [0.05, 0.1) is 24.3 Å². The van der Waals surface area contributed by atoms with Crippen LogP contribution in [0.1, 0.15) is 29.7 Å². The highest BCUT2D eigenvalue weighted by molar-refractivity contribution is 7.91. The van der Waals surface area contributed by atoms with Gasteiger partial charge in [-0.15, -0.1) is 0 Å². The van der Waals surface area contributed by atoms with Gasteiger partial charge in [-0.1, -0.05) is 0 Å². The quantitative estimate of drug-likeness (QED) is 0.826. The molecular formula is C15H21NO4S. The maximum absolute atomic E-state index is 12.1. The number of carbonyl (C=O) groups is 1. The standard InChI is InChI=1S/C15H21NO4S/c1-10-8-16-14(11(2)15(10)20-3)7-13(17)6-12-4-5-21(18,19)9-12/h8,12H,4-7,9H2,1-3H3. The van der Waals surface area contributed by atoms with Gasteiger partial charge in [-0.3, -0.25) is 9.78 Å². The fraction of sp³-hybridized carbons (Fsp3) is 0.600. The summed E-state index contributed by atoms with van der Waals surface area (Å²) in [6, 6.07) is 0. The Balaban J connectivity index is 2.04. The Morgan fingerprint density at radius 3 is 2.71 bits per heavy atom. The summed E-state index contributed by atoms with van der Waals surface area (Å²) >= 11 is 0. The minimum absolute atomic E-state index is 0.0323. The first-order chi connectivity index (χ1) is 9.82. The zero-order valence-corrected chi connectivity index (χ0v) is 13.5. The van der Waals surface area contributed by atoms with E-state index in [1.54, 1.807) is 13.3 Å². The zero-order chi connectivity index (χ0) is 15.6. The summed E-state index contributed by atoms with van der Waals surface area (Å²) in [5.74, 6) is 1.12. The van der Waals surface area contributed by atoms with Gasteiger partial charge in [0.1, 0.15) is 11.5 Å². The van der Waals surface area contributed by atoms with Crippen LogP contribution in [0.5, 0.6) is 5.75 Å². The highest BCUT2D eigenvalue weighted by Gasteiger charge is 2.29. The van der Waals surface area contributed by atoms with E-state index in [4.69, 9.17) is 4.74 Å². The largest absolute Gasteiger partial charge is 0.496 e. The van der Waals surface area contributed by atoms with Crippen molar-refractivity contribution in [2.75, 3.05) is 18.6 Å². The van der Waals surface area contributed by atoms with Crippen molar-refractivity contribution in [3.05, 3.63) is 23.0 Å². The van der Waals surface area contributed by atoms with Crippen molar-refractivity contribution in [3.8, 4) is 5.75 Å². The predicted molar refractivity (Wildman–Crippen MR) is 80.4 cm³/mol. The molecule has 1 saturated heterocycles. The molecule has 1 fully saturated rings. The van der Waals surface area contributed by atoms with Gasteiger partial charge in [-0.2, -0.15) is 0 Å². The summed E-state index contributed by atoms with van der Waals surface area (Å²) < 4.78 is 28.2. The number of aromatic nitrogens is 1. The van der Waals surface area contributed by atoms with E-state index in [9.17, 15) is 13.2 Å². The smallest absolute Gasteiger partial charge is 0.150 e. The number of sulfone groups is 1. The molecular weight excluding hydrogens is 290 g/mol. The third-order valence-electron chi connectivity index (χ3n) is 3.96. The van der Waals surface area contributed by atoms with Gasteiger partial charge in [0.2, 0.25) is 0 Å². The average Bonchev–Trinajstić information content (AvgIpc) is 2.73. The van der Waals surface area contributed by atoms with Crippen LogP contribution in [0, 0.1) is 19.8 Å². The second kappa shape index (κ2) is 6.13. The third-order valence-corrected chi connectivity index (χ3v) is 5.79. The fourth-order valence-corrected chi connectivity index (χ4v) is 4.73. The first-order valence-electron chi connectivity index (χ1n) is 7.03. The van der Waals surface area contributed by atoms with E-state index in [0.717, 1.165) is 16.9 Å². The first kappa shape index (κ1) is 15.9. The lowest BCUT2D eigenvalue weighted by Crippen LogP contribution is -2.14. The molecule has 6 heteroatoms. The second-order valence-electron chi connectivity index (χ2n) is 5.73. The Labute approximate surface area is 125 Å². The predicted octanol–water partition coefficient (Wildman–Crippen LogP) is 1.64. The van der Waals surface area contributed by atoms with Crippen LogP contribution in [0.2, 0.25) is 0 Å². The highest BCUT2D eigenvalue weighted by Crippen LogP contribution is 2.26. The number of methoxy groups -OCH3 is 1. The minimum atomic E-state index is -2.93. The maximum atomic E-state index is 12.1. The van der Waals surface area contributed by atoms with Crippen LogP contribution >= 0.6 is 0 Å². The summed E-state index contributed by atoms with van der Waals surface area (Å²) in [5.41, 5.74) is 2.53. The summed E-state index contributed by atoms with van der Waals surface area (Å²) in [5, 5.41) is 0. The number of Topliss-reactive ketones (excluding diaryl/α,β-unsaturated/α-hetero) is 1. The molecule has 1 aromatic heterocycles. The van der Waals surface area contributed by atoms with Gasteiger partial charge in [-0.25, -0.2) is 8.42 Å². The van der Waals surface area contributed by atoms with E-state index >= 15 is 0 Å². The van der Waals surface area contributed by atoms with Crippen LogP contribution in [-0.2, 0) is 21.1 Å². The van der Waals surface area contributed by atoms with E-state index in [0.29, 0.717) is 18.5 Å². The summed E-state index contributed by atoms with van der Waals surface area (Å²) in [4.78, 5) is 16.5. The Morgan fingerprint density at radius 2 is 2.14 bits per heavy atom. The Hall–Kier alpha value is -1.43. The van der Waals surface area contributed by atoms with Gasteiger partial charge in [0, 0.05) is 30.2 Å². The SMILES string of the molecule is COc1c(C)cnc(CC(=O)CC2CCS(=O)(=O)C2)c1C. The van der Waals surface area contributed by atoms with Crippen LogP contribution in [-0.4, -0.2) is 37.8 Å². The molecule has 0 amide bonds. The number of rotatable bonds is 5. The second-order valence-corrected chi connectivity index (χ2v) is 7.96. The molecule has 1 aromatic rings. The molecule has 1 atom stereocenters. The average molecular weight is 311 g/mol. The van der Waals surface area contributed by atoms with E-state index in [1.807, 2.05) is 13.8 Å². The lowest BCUT2D eigenvalue weighted by molar-refractivity contribution is -0.119. The Kier molecular flexibility index (Phi) is 4.66. The van der Waals surface area contributed by atoms with Crippen LogP contribution in [0.15, 0.2) is 6.20 Å². The number of hydrogen-bond acceptors (Lipinski definition) is 5. The number of pyridine rings is 1. The Bertz CT molecular complexity index is 652.